The second kappa shape index (κ2) is 4.59. The Kier molecular flexibility index (Phi) is 3.57. The van der Waals surface area contributed by atoms with Gasteiger partial charge in [0.1, 0.15) is 5.76 Å². The van der Waals surface area contributed by atoms with Crippen LogP contribution in [0.3, 0.4) is 0 Å². The van der Waals surface area contributed by atoms with E-state index in [4.69, 9.17) is 21.8 Å². The lowest BCUT2D eigenvalue weighted by Gasteiger charge is -2.06. The topological polar surface area (TPSA) is 39.2 Å². The van der Waals surface area contributed by atoms with Gasteiger partial charge in [-0.3, -0.25) is 0 Å². The van der Waals surface area contributed by atoms with Crippen LogP contribution in [0.2, 0.25) is 5.22 Å². The molecular weight excluding hydrogens is 365 g/mol. The molecule has 80 valence electrons. The van der Waals surface area contributed by atoms with E-state index in [1.807, 2.05) is 6.07 Å². The minimum absolute atomic E-state index is 0.297. The van der Waals surface area contributed by atoms with E-state index in [9.17, 15) is 0 Å². The number of nitrogens with two attached hydrogens (primary N) is 1. The van der Waals surface area contributed by atoms with Gasteiger partial charge in [0.2, 0.25) is 0 Å². The van der Waals surface area contributed by atoms with Gasteiger partial charge in [0.05, 0.1) is 13.6 Å². The summed E-state index contributed by atoms with van der Waals surface area (Å²) in [7, 11) is 0. The van der Waals surface area contributed by atoms with Gasteiger partial charge in [0.25, 0.3) is 0 Å². The van der Waals surface area contributed by atoms with Gasteiger partial charge in [-0.1, -0.05) is 0 Å². The van der Waals surface area contributed by atoms with Crippen molar-refractivity contribution >= 4 is 54.8 Å². The minimum Gasteiger partial charge on any atom is -0.448 e. The molecule has 2 aromatic heterocycles. The molecule has 0 aliphatic heterocycles. The van der Waals surface area contributed by atoms with Gasteiger partial charge in [0, 0.05) is 5.56 Å². The Morgan fingerprint density at radius 3 is 2.60 bits per heavy atom. The number of halogens is 3. The Morgan fingerprint density at radius 2 is 2.13 bits per heavy atom. The molecule has 2 nitrogen and oxygen atoms in total. The average molecular weight is 371 g/mol. The molecule has 0 aromatic carbocycles. The molecule has 0 saturated heterocycles. The Morgan fingerprint density at radius 1 is 1.40 bits per heavy atom. The van der Waals surface area contributed by atoms with Crippen molar-refractivity contribution in [3.8, 4) is 0 Å². The highest BCUT2D eigenvalue weighted by atomic mass is 79.9. The van der Waals surface area contributed by atoms with Gasteiger partial charge in [-0.15, -0.1) is 11.3 Å². The quantitative estimate of drug-likeness (QED) is 0.840. The first-order valence-corrected chi connectivity index (χ1v) is 6.81. The van der Waals surface area contributed by atoms with Crippen molar-refractivity contribution in [3.05, 3.63) is 42.3 Å². The third kappa shape index (κ3) is 2.47. The molecule has 0 amide bonds. The number of furan rings is 1. The largest absolute Gasteiger partial charge is 0.448 e. The Bertz CT molecular complexity index is 482. The summed E-state index contributed by atoms with van der Waals surface area (Å²) in [6, 6.07) is 5.14. The third-order valence-corrected chi connectivity index (χ3v) is 4.51. The van der Waals surface area contributed by atoms with Gasteiger partial charge >= 0.3 is 0 Å². The standard InChI is InChI=1S/C9H6Br2ClNOS/c10-6-3-4(9(11)15-6)8(13)5-1-2-7(12)14-5/h1-3,8H,13H2. The van der Waals surface area contributed by atoms with Crippen molar-refractivity contribution in [2.45, 2.75) is 6.04 Å². The molecule has 0 radical (unpaired) electrons. The van der Waals surface area contributed by atoms with Crippen molar-refractivity contribution in [2.75, 3.05) is 0 Å². The summed E-state index contributed by atoms with van der Waals surface area (Å²) in [6.07, 6.45) is 0. The summed E-state index contributed by atoms with van der Waals surface area (Å²) >= 11 is 14.1. The lowest BCUT2D eigenvalue weighted by Crippen LogP contribution is -2.10. The predicted molar refractivity (Wildman–Crippen MR) is 69.5 cm³/mol. The Balaban J connectivity index is 2.35. The van der Waals surface area contributed by atoms with Crippen LogP contribution in [0.5, 0.6) is 0 Å². The van der Waals surface area contributed by atoms with Crippen molar-refractivity contribution in [1.29, 1.82) is 0 Å². The van der Waals surface area contributed by atoms with E-state index in [0.717, 1.165) is 13.1 Å². The van der Waals surface area contributed by atoms with E-state index in [1.165, 1.54) is 0 Å². The molecule has 0 saturated carbocycles. The van der Waals surface area contributed by atoms with Gasteiger partial charge in [0.15, 0.2) is 5.22 Å². The third-order valence-electron chi connectivity index (χ3n) is 1.92. The Hall–Kier alpha value is 0.190. The molecule has 6 heteroatoms. The van der Waals surface area contributed by atoms with Crippen molar-refractivity contribution < 1.29 is 4.42 Å². The maximum atomic E-state index is 6.05. The number of rotatable bonds is 2. The van der Waals surface area contributed by atoms with Gasteiger partial charge in [-0.25, -0.2) is 0 Å². The van der Waals surface area contributed by atoms with Crippen LogP contribution in [-0.2, 0) is 0 Å². The smallest absolute Gasteiger partial charge is 0.193 e. The van der Waals surface area contributed by atoms with E-state index in [-0.39, 0.29) is 6.04 Å². The second-order valence-electron chi connectivity index (χ2n) is 2.90. The number of thiophene rings is 1. The first-order chi connectivity index (χ1) is 7.08. The lowest BCUT2D eigenvalue weighted by molar-refractivity contribution is 0.491. The van der Waals surface area contributed by atoms with E-state index in [1.54, 1.807) is 23.5 Å². The molecule has 0 fully saturated rings. The maximum Gasteiger partial charge on any atom is 0.193 e. The summed E-state index contributed by atoms with van der Waals surface area (Å²) in [5, 5.41) is 0.353. The fraction of sp³-hybridized carbons (Fsp3) is 0.111. The fourth-order valence-corrected chi connectivity index (χ4v) is 4.29. The molecule has 15 heavy (non-hydrogen) atoms. The van der Waals surface area contributed by atoms with Crippen molar-refractivity contribution in [2.24, 2.45) is 5.73 Å². The molecule has 1 unspecified atom stereocenters. The summed E-state index contributed by atoms with van der Waals surface area (Å²) in [6.45, 7) is 0. The van der Waals surface area contributed by atoms with Crippen LogP contribution >= 0.6 is 54.8 Å². The van der Waals surface area contributed by atoms with Crippen molar-refractivity contribution in [1.82, 2.24) is 0 Å². The zero-order chi connectivity index (χ0) is 11.0. The lowest BCUT2D eigenvalue weighted by atomic mass is 10.1. The van der Waals surface area contributed by atoms with Crippen LogP contribution in [0.1, 0.15) is 17.4 Å². The van der Waals surface area contributed by atoms with Crippen molar-refractivity contribution in [3.63, 3.8) is 0 Å². The van der Waals surface area contributed by atoms with E-state index >= 15 is 0 Å². The molecule has 1 atom stereocenters. The molecule has 0 aliphatic rings. The summed E-state index contributed by atoms with van der Waals surface area (Å²) in [5.41, 5.74) is 7.03. The molecule has 2 heterocycles. The van der Waals surface area contributed by atoms with Crippen LogP contribution in [0.15, 0.2) is 30.2 Å². The van der Waals surface area contributed by atoms with E-state index in [2.05, 4.69) is 31.9 Å². The summed E-state index contributed by atoms with van der Waals surface area (Å²) in [5.74, 6) is 0.658. The molecule has 0 bridgehead atoms. The van der Waals surface area contributed by atoms with Crippen LogP contribution in [0.25, 0.3) is 0 Å². The monoisotopic (exact) mass is 369 g/mol. The van der Waals surface area contributed by atoms with E-state index in [0.29, 0.717) is 11.0 Å². The first kappa shape index (κ1) is 11.7. The SMILES string of the molecule is NC(c1ccc(Cl)o1)c1cc(Br)sc1Br. The zero-order valence-corrected chi connectivity index (χ0v) is 12.1. The highest BCUT2D eigenvalue weighted by Crippen LogP contribution is 2.37. The van der Waals surface area contributed by atoms with Gasteiger partial charge < -0.3 is 10.2 Å². The molecular formula is C9H6Br2ClNOS. The maximum absolute atomic E-state index is 6.05. The zero-order valence-electron chi connectivity index (χ0n) is 7.34. The fourth-order valence-electron chi connectivity index (χ4n) is 1.21. The van der Waals surface area contributed by atoms with Crippen LogP contribution in [0.4, 0.5) is 0 Å². The summed E-state index contributed by atoms with van der Waals surface area (Å²) in [4.78, 5) is 0. The Labute approximate surface area is 113 Å². The van der Waals surface area contributed by atoms with Gasteiger partial charge in [-0.05, 0) is 61.7 Å². The molecule has 0 spiro atoms. The highest BCUT2D eigenvalue weighted by Gasteiger charge is 2.18. The molecule has 2 rings (SSSR count). The van der Waals surface area contributed by atoms with Crippen LogP contribution in [0, 0.1) is 0 Å². The highest BCUT2D eigenvalue weighted by molar-refractivity contribution is 9.12. The average Bonchev–Trinajstić information content (AvgIpc) is 2.71. The predicted octanol–water partition coefficient (Wildman–Crippen LogP) is 4.57. The van der Waals surface area contributed by atoms with Crippen LogP contribution in [-0.4, -0.2) is 0 Å². The minimum atomic E-state index is -0.297. The normalized spacial score (nSPS) is 13.1. The number of hydrogen-bond donors (Lipinski definition) is 1. The van der Waals surface area contributed by atoms with Gasteiger partial charge in [-0.2, -0.15) is 0 Å². The second-order valence-corrected chi connectivity index (χ2v) is 7.02. The number of hydrogen-bond acceptors (Lipinski definition) is 3. The molecule has 2 N–H and O–H groups in total. The summed E-state index contributed by atoms with van der Waals surface area (Å²) < 4.78 is 7.29. The van der Waals surface area contributed by atoms with Crippen LogP contribution < -0.4 is 5.73 Å². The molecule has 2 aromatic rings. The first-order valence-electron chi connectivity index (χ1n) is 4.03. The van der Waals surface area contributed by atoms with E-state index < -0.39 is 0 Å². The molecule has 0 aliphatic carbocycles.